The fraction of sp³-hybridized carbons (Fsp3) is 0.727. The van der Waals surface area contributed by atoms with Crippen LogP contribution >= 0.6 is 0 Å². The van der Waals surface area contributed by atoms with E-state index in [4.69, 9.17) is 5.73 Å². The maximum atomic E-state index is 6.01. The first-order valence-electron chi connectivity index (χ1n) is 5.36. The number of nitrogens with zero attached hydrogens (tertiary/aromatic N) is 2. The van der Waals surface area contributed by atoms with Crippen molar-refractivity contribution in [2.45, 2.75) is 51.1 Å². The fourth-order valence-corrected chi connectivity index (χ4v) is 1.93. The first-order valence-corrected chi connectivity index (χ1v) is 5.36. The van der Waals surface area contributed by atoms with Gasteiger partial charge in [0.15, 0.2) is 0 Å². The number of nitrogens with two attached hydrogens (primary N) is 1. The van der Waals surface area contributed by atoms with Crippen LogP contribution in [0.2, 0.25) is 0 Å². The maximum absolute atomic E-state index is 6.01. The topological polar surface area (TPSA) is 43.8 Å². The first kappa shape index (κ1) is 9.71. The largest absolute Gasteiger partial charge is 0.331 e. The third kappa shape index (κ3) is 1.98. The Morgan fingerprint density at radius 3 is 2.79 bits per heavy atom. The average molecular weight is 193 g/mol. The number of hydrogen-bond acceptors (Lipinski definition) is 2. The monoisotopic (exact) mass is 193 g/mol. The minimum absolute atomic E-state index is 0.137. The van der Waals surface area contributed by atoms with Crippen LogP contribution < -0.4 is 5.73 Å². The normalized spacial score (nSPS) is 18.2. The Kier molecular flexibility index (Phi) is 2.35. The van der Waals surface area contributed by atoms with E-state index in [1.807, 2.05) is 12.5 Å². The van der Waals surface area contributed by atoms with E-state index >= 15 is 0 Å². The van der Waals surface area contributed by atoms with Gasteiger partial charge >= 0.3 is 0 Å². The molecule has 1 saturated carbocycles. The molecule has 0 atom stereocenters. The molecule has 0 bridgehead atoms. The van der Waals surface area contributed by atoms with Crippen molar-refractivity contribution in [1.29, 1.82) is 0 Å². The minimum atomic E-state index is -0.137. The van der Waals surface area contributed by atoms with Gasteiger partial charge in [0.1, 0.15) is 0 Å². The predicted molar refractivity (Wildman–Crippen MR) is 57.1 cm³/mol. The molecule has 0 unspecified atom stereocenters. The number of aromatic nitrogens is 2. The zero-order chi connectivity index (χ0) is 10.2. The highest BCUT2D eigenvalue weighted by atomic mass is 15.1. The third-order valence-electron chi connectivity index (χ3n) is 2.85. The summed E-state index contributed by atoms with van der Waals surface area (Å²) in [4.78, 5) is 4.22. The van der Waals surface area contributed by atoms with E-state index in [0.29, 0.717) is 6.04 Å². The van der Waals surface area contributed by atoms with Crippen molar-refractivity contribution in [3.63, 3.8) is 0 Å². The zero-order valence-electron chi connectivity index (χ0n) is 9.03. The zero-order valence-corrected chi connectivity index (χ0v) is 9.03. The van der Waals surface area contributed by atoms with Gasteiger partial charge in [-0.05, 0) is 33.1 Å². The molecule has 1 aliphatic rings. The Bertz CT molecular complexity index is 305. The van der Waals surface area contributed by atoms with Crippen LogP contribution in [-0.4, -0.2) is 15.1 Å². The molecule has 78 valence electrons. The molecule has 1 heterocycles. The Morgan fingerprint density at radius 1 is 1.57 bits per heavy atom. The SMILES string of the molecule is CC(C)(N)Cc1cncn1C1CCC1. The van der Waals surface area contributed by atoms with Crippen molar-refractivity contribution in [3.8, 4) is 0 Å². The van der Waals surface area contributed by atoms with Gasteiger partial charge in [0.2, 0.25) is 0 Å². The van der Waals surface area contributed by atoms with E-state index in [0.717, 1.165) is 6.42 Å². The molecule has 3 nitrogen and oxygen atoms in total. The Hall–Kier alpha value is -0.830. The highest BCUT2D eigenvalue weighted by Crippen LogP contribution is 2.32. The third-order valence-corrected chi connectivity index (χ3v) is 2.85. The maximum Gasteiger partial charge on any atom is 0.0950 e. The lowest BCUT2D eigenvalue weighted by Gasteiger charge is -2.30. The Morgan fingerprint density at radius 2 is 2.29 bits per heavy atom. The highest BCUT2D eigenvalue weighted by molar-refractivity contribution is 5.06. The Balaban J connectivity index is 2.13. The molecular formula is C11H19N3. The van der Waals surface area contributed by atoms with Crippen molar-refractivity contribution >= 4 is 0 Å². The molecule has 1 aromatic heterocycles. The lowest BCUT2D eigenvalue weighted by atomic mass is 9.92. The van der Waals surface area contributed by atoms with Crippen molar-refractivity contribution in [2.24, 2.45) is 5.73 Å². The van der Waals surface area contributed by atoms with E-state index in [2.05, 4.69) is 23.4 Å². The van der Waals surface area contributed by atoms with Gasteiger partial charge in [0, 0.05) is 29.9 Å². The van der Waals surface area contributed by atoms with Crippen LogP contribution in [0.5, 0.6) is 0 Å². The van der Waals surface area contributed by atoms with Crippen LogP contribution in [-0.2, 0) is 6.42 Å². The van der Waals surface area contributed by atoms with E-state index in [1.165, 1.54) is 25.0 Å². The van der Waals surface area contributed by atoms with E-state index < -0.39 is 0 Å². The van der Waals surface area contributed by atoms with Crippen LogP contribution in [0.15, 0.2) is 12.5 Å². The van der Waals surface area contributed by atoms with Gasteiger partial charge in [0.05, 0.1) is 6.33 Å². The van der Waals surface area contributed by atoms with Crippen molar-refractivity contribution in [1.82, 2.24) is 9.55 Å². The molecule has 0 amide bonds. The molecule has 0 radical (unpaired) electrons. The highest BCUT2D eigenvalue weighted by Gasteiger charge is 2.23. The van der Waals surface area contributed by atoms with Crippen molar-refractivity contribution in [3.05, 3.63) is 18.2 Å². The average Bonchev–Trinajstić information content (AvgIpc) is 2.30. The summed E-state index contributed by atoms with van der Waals surface area (Å²) in [5, 5.41) is 0. The molecule has 2 rings (SSSR count). The summed E-state index contributed by atoms with van der Waals surface area (Å²) in [5.41, 5.74) is 7.16. The smallest absolute Gasteiger partial charge is 0.0950 e. The number of rotatable bonds is 3. The summed E-state index contributed by atoms with van der Waals surface area (Å²) in [6.45, 7) is 4.12. The molecule has 0 spiro atoms. The van der Waals surface area contributed by atoms with Gasteiger partial charge in [-0.15, -0.1) is 0 Å². The standard InChI is InChI=1S/C11H19N3/c1-11(2,12)6-10-7-13-8-14(10)9-4-3-5-9/h7-9H,3-6,12H2,1-2H3. The fourth-order valence-electron chi connectivity index (χ4n) is 1.93. The molecule has 0 aromatic carbocycles. The van der Waals surface area contributed by atoms with Gasteiger partial charge in [-0.1, -0.05) is 0 Å². The lowest BCUT2D eigenvalue weighted by molar-refractivity contribution is 0.302. The molecule has 1 fully saturated rings. The van der Waals surface area contributed by atoms with Crippen LogP contribution in [0.25, 0.3) is 0 Å². The molecule has 3 heteroatoms. The molecular weight excluding hydrogens is 174 g/mol. The Labute approximate surface area is 85.3 Å². The van der Waals surface area contributed by atoms with Crippen molar-refractivity contribution in [2.75, 3.05) is 0 Å². The summed E-state index contributed by atoms with van der Waals surface area (Å²) in [7, 11) is 0. The van der Waals surface area contributed by atoms with E-state index in [-0.39, 0.29) is 5.54 Å². The molecule has 0 aliphatic heterocycles. The molecule has 0 saturated heterocycles. The van der Waals surface area contributed by atoms with Gasteiger partial charge < -0.3 is 10.3 Å². The van der Waals surface area contributed by atoms with Gasteiger partial charge in [-0.25, -0.2) is 4.98 Å². The van der Waals surface area contributed by atoms with E-state index in [1.54, 1.807) is 0 Å². The van der Waals surface area contributed by atoms with Gasteiger partial charge in [-0.3, -0.25) is 0 Å². The summed E-state index contributed by atoms with van der Waals surface area (Å²) < 4.78 is 2.30. The molecule has 14 heavy (non-hydrogen) atoms. The number of imidazole rings is 1. The first-order chi connectivity index (χ1) is 6.56. The summed E-state index contributed by atoms with van der Waals surface area (Å²) in [5.74, 6) is 0. The predicted octanol–water partition coefficient (Wildman–Crippen LogP) is 1.89. The van der Waals surface area contributed by atoms with Crippen molar-refractivity contribution < 1.29 is 0 Å². The molecule has 1 aromatic rings. The van der Waals surface area contributed by atoms with Crippen LogP contribution in [0.4, 0.5) is 0 Å². The number of hydrogen-bond donors (Lipinski definition) is 1. The molecule has 2 N–H and O–H groups in total. The minimum Gasteiger partial charge on any atom is -0.331 e. The second-order valence-electron chi connectivity index (χ2n) is 5.04. The van der Waals surface area contributed by atoms with Gasteiger partial charge in [0.25, 0.3) is 0 Å². The molecule has 1 aliphatic carbocycles. The van der Waals surface area contributed by atoms with Crippen LogP contribution in [0.1, 0.15) is 44.8 Å². The van der Waals surface area contributed by atoms with Crippen LogP contribution in [0.3, 0.4) is 0 Å². The van der Waals surface area contributed by atoms with Gasteiger partial charge in [-0.2, -0.15) is 0 Å². The lowest BCUT2D eigenvalue weighted by Crippen LogP contribution is -2.35. The summed E-state index contributed by atoms with van der Waals surface area (Å²) in [6, 6.07) is 0.690. The second-order valence-corrected chi connectivity index (χ2v) is 5.04. The second kappa shape index (κ2) is 3.39. The summed E-state index contributed by atoms with van der Waals surface area (Å²) in [6.07, 6.45) is 8.76. The van der Waals surface area contributed by atoms with E-state index in [9.17, 15) is 0 Å². The summed E-state index contributed by atoms with van der Waals surface area (Å²) >= 11 is 0. The quantitative estimate of drug-likeness (QED) is 0.796. The van der Waals surface area contributed by atoms with Crippen LogP contribution in [0, 0.1) is 0 Å².